The molecule has 1 rings (SSSR count). The third kappa shape index (κ3) is 14.7. The van der Waals surface area contributed by atoms with Crippen LogP contribution in [-0.4, -0.2) is 89.0 Å². The van der Waals surface area contributed by atoms with Crippen molar-refractivity contribution in [2.24, 2.45) is 0 Å². The zero-order valence-corrected chi connectivity index (χ0v) is 23.4. The minimum atomic E-state index is -1.58. The molecule has 0 aromatic heterocycles. The average Bonchev–Trinajstić information content (AvgIpc) is 2.91. The standard InChI is InChI=1S/C28H52O10/c1-3-5-7-8-9-10-11-12-13-15-16-23(30)35-19-21(37-24(31)17-14-6-4-2)20-36-28-27(34)26(33)25(32)22(18-29)38-28/h21-22,25-29,32-34H,3-20H2,1-2H3/t21-,22-,25+,26+,27-,28-/m1/s1. The summed E-state index contributed by atoms with van der Waals surface area (Å²) < 4.78 is 21.6. The molecule has 224 valence electrons. The number of unbranched alkanes of at least 4 members (excludes halogenated alkanes) is 11. The summed E-state index contributed by atoms with van der Waals surface area (Å²) >= 11 is 0. The Kier molecular flexibility index (Phi) is 19.7. The van der Waals surface area contributed by atoms with Crippen LogP contribution in [0.1, 0.15) is 110 Å². The molecule has 10 heteroatoms. The maximum Gasteiger partial charge on any atom is 0.306 e. The first kappa shape index (κ1) is 34.7. The van der Waals surface area contributed by atoms with Crippen molar-refractivity contribution in [3.05, 3.63) is 0 Å². The predicted octanol–water partition coefficient (Wildman–Crippen LogP) is 3.15. The molecule has 1 saturated heterocycles. The van der Waals surface area contributed by atoms with Gasteiger partial charge in [0, 0.05) is 12.8 Å². The maximum atomic E-state index is 12.2. The fourth-order valence-corrected chi connectivity index (χ4v) is 4.30. The molecule has 0 radical (unpaired) electrons. The van der Waals surface area contributed by atoms with Gasteiger partial charge in [0.25, 0.3) is 0 Å². The maximum absolute atomic E-state index is 12.2. The second-order valence-corrected chi connectivity index (χ2v) is 10.2. The van der Waals surface area contributed by atoms with E-state index in [1.807, 2.05) is 6.92 Å². The highest BCUT2D eigenvalue weighted by Crippen LogP contribution is 2.22. The molecule has 0 unspecified atom stereocenters. The van der Waals surface area contributed by atoms with Crippen molar-refractivity contribution >= 4 is 11.9 Å². The van der Waals surface area contributed by atoms with Gasteiger partial charge >= 0.3 is 11.9 Å². The van der Waals surface area contributed by atoms with E-state index >= 15 is 0 Å². The lowest BCUT2D eigenvalue weighted by Gasteiger charge is -2.39. The Morgan fingerprint density at radius 2 is 1.24 bits per heavy atom. The summed E-state index contributed by atoms with van der Waals surface area (Å²) in [7, 11) is 0. The van der Waals surface area contributed by atoms with E-state index in [1.165, 1.54) is 44.9 Å². The van der Waals surface area contributed by atoms with Gasteiger partial charge in [-0.15, -0.1) is 0 Å². The van der Waals surface area contributed by atoms with Gasteiger partial charge in [-0.25, -0.2) is 0 Å². The van der Waals surface area contributed by atoms with E-state index in [2.05, 4.69) is 6.92 Å². The molecule has 1 fully saturated rings. The number of rotatable bonds is 22. The van der Waals surface area contributed by atoms with Crippen molar-refractivity contribution in [3.8, 4) is 0 Å². The Bertz CT molecular complexity index is 614. The molecule has 1 aliphatic heterocycles. The molecule has 0 amide bonds. The molecule has 1 aliphatic rings. The van der Waals surface area contributed by atoms with E-state index in [4.69, 9.17) is 18.9 Å². The molecule has 6 atom stereocenters. The van der Waals surface area contributed by atoms with Gasteiger partial charge in [0.05, 0.1) is 13.2 Å². The van der Waals surface area contributed by atoms with Crippen LogP contribution in [0.3, 0.4) is 0 Å². The molecule has 1 heterocycles. The van der Waals surface area contributed by atoms with Crippen LogP contribution in [0.15, 0.2) is 0 Å². The first-order valence-corrected chi connectivity index (χ1v) is 14.6. The Hall–Kier alpha value is -1.30. The lowest BCUT2D eigenvalue weighted by molar-refractivity contribution is -0.305. The number of hydrogen-bond donors (Lipinski definition) is 4. The quantitative estimate of drug-likeness (QED) is 0.117. The van der Waals surface area contributed by atoms with Gasteiger partial charge in [0.15, 0.2) is 12.4 Å². The first-order valence-electron chi connectivity index (χ1n) is 14.6. The highest BCUT2D eigenvalue weighted by molar-refractivity contribution is 5.70. The number of aliphatic hydroxyl groups excluding tert-OH is 4. The Morgan fingerprint density at radius 1 is 0.711 bits per heavy atom. The summed E-state index contributed by atoms with van der Waals surface area (Å²) in [5.41, 5.74) is 0. The van der Waals surface area contributed by atoms with Crippen molar-refractivity contribution in [1.82, 2.24) is 0 Å². The number of esters is 2. The Morgan fingerprint density at radius 3 is 1.84 bits per heavy atom. The monoisotopic (exact) mass is 548 g/mol. The van der Waals surface area contributed by atoms with Crippen LogP contribution in [0.4, 0.5) is 0 Å². The number of carbonyl (C=O) groups excluding carboxylic acids is 2. The van der Waals surface area contributed by atoms with Crippen LogP contribution < -0.4 is 0 Å². The number of ether oxygens (including phenoxy) is 4. The highest BCUT2D eigenvalue weighted by atomic mass is 16.7. The van der Waals surface area contributed by atoms with Crippen LogP contribution in [-0.2, 0) is 28.5 Å². The van der Waals surface area contributed by atoms with Gasteiger partial charge < -0.3 is 39.4 Å². The molecule has 0 aromatic rings. The van der Waals surface area contributed by atoms with Gasteiger partial charge in [-0.2, -0.15) is 0 Å². The van der Waals surface area contributed by atoms with Gasteiger partial charge in [-0.1, -0.05) is 84.5 Å². The third-order valence-electron chi connectivity index (χ3n) is 6.74. The average molecular weight is 549 g/mol. The van der Waals surface area contributed by atoms with E-state index in [0.29, 0.717) is 6.42 Å². The molecule has 0 bridgehead atoms. The molecular formula is C28H52O10. The number of hydrogen-bond acceptors (Lipinski definition) is 10. The van der Waals surface area contributed by atoms with Crippen LogP contribution in [0, 0.1) is 0 Å². The predicted molar refractivity (Wildman–Crippen MR) is 141 cm³/mol. The van der Waals surface area contributed by atoms with Gasteiger partial charge in [-0.3, -0.25) is 9.59 Å². The SMILES string of the molecule is CCCCCCCCCCCCC(=O)OC[C@H](CO[C@@H]1O[C@H](CO)[C@H](O)[C@H](O)[C@H]1O)OC(=O)CCCCC. The van der Waals surface area contributed by atoms with E-state index < -0.39 is 49.4 Å². The largest absolute Gasteiger partial charge is 0.462 e. The highest BCUT2D eigenvalue weighted by Gasteiger charge is 2.44. The van der Waals surface area contributed by atoms with E-state index in [0.717, 1.165) is 32.1 Å². The molecule has 4 N–H and O–H groups in total. The zero-order chi connectivity index (χ0) is 28.2. The summed E-state index contributed by atoms with van der Waals surface area (Å²) in [6.07, 6.45) is 6.54. The van der Waals surface area contributed by atoms with Crippen LogP contribution in [0.2, 0.25) is 0 Å². The molecule has 38 heavy (non-hydrogen) atoms. The van der Waals surface area contributed by atoms with E-state index in [1.54, 1.807) is 0 Å². The summed E-state index contributed by atoms with van der Waals surface area (Å²) in [6, 6.07) is 0. The fourth-order valence-electron chi connectivity index (χ4n) is 4.30. The lowest BCUT2D eigenvalue weighted by atomic mass is 9.99. The van der Waals surface area contributed by atoms with Crippen molar-refractivity contribution in [1.29, 1.82) is 0 Å². The van der Waals surface area contributed by atoms with Crippen molar-refractivity contribution in [2.75, 3.05) is 19.8 Å². The van der Waals surface area contributed by atoms with E-state index in [9.17, 15) is 30.0 Å². The summed E-state index contributed by atoms with van der Waals surface area (Å²) in [5.74, 6) is -0.837. The molecule has 0 spiro atoms. The second-order valence-electron chi connectivity index (χ2n) is 10.2. The lowest BCUT2D eigenvalue weighted by Crippen LogP contribution is -2.59. The van der Waals surface area contributed by atoms with Crippen molar-refractivity contribution < 1.29 is 49.0 Å². The molecular weight excluding hydrogens is 496 g/mol. The normalized spacial score (nSPS) is 24.2. The Labute approximate surface area is 228 Å². The Balaban J connectivity index is 2.43. The molecule has 10 nitrogen and oxygen atoms in total. The number of aliphatic hydroxyl groups is 4. The smallest absolute Gasteiger partial charge is 0.306 e. The van der Waals surface area contributed by atoms with E-state index in [-0.39, 0.29) is 32.0 Å². The van der Waals surface area contributed by atoms with Gasteiger partial charge in [-0.05, 0) is 12.8 Å². The minimum Gasteiger partial charge on any atom is -0.462 e. The molecule has 0 saturated carbocycles. The van der Waals surface area contributed by atoms with Crippen LogP contribution in [0.5, 0.6) is 0 Å². The zero-order valence-electron chi connectivity index (χ0n) is 23.4. The van der Waals surface area contributed by atoms with Crippen LogP contribution >= 0.6 is 0 Å². The topological polar surface area (TPSA) is 152 Å². The van der Waals surface area contributed by atoms with Crippen molar-refractivity contribution in [3.63, 3.8) is 0 Å². The summed E-state index contributed by atoms with van der Waals surface area (Å²) in [4.78, 5) is 24.5. The molecule has 0 aromatic carbocycles. The third-order valence-corrected chi connectivity index (χ3v) is 6.74. The summed E-state index contributed by atoms with van der Waals surface area (Å²) in [6.45, 7) is 3.17. The minimum absolute atomic E-state index is 0.215. The second kappa shape index (κ2) is 21.5. The van der Waals surface area contributed by atoms with Gasteiger partial charge in [0.1, 0.15) is 31.0 Å². The fraction of sp³-hybridized carbons (Fsp3) is 0.929. The first-order chi connectivity index (χ1) is 18.3. The molecule has 0 aliphatic carbocycles. The van der Waals surface area contributed by atoms with Gasteiger partial charge in [0.2, 0.25) is 0 Å². The van der Waals surface area contributed by atoms with Crippen LogP contribution in [0.25, 0.3) is 0 Å². The number of carbonyl (C=O) groups is 2. The summed E-state index contributed by atoms with van der Waals surface area (Å²) in [5, 5.41) is 39.4. The van der Waals surface area contributed by atoms with Crippen molar-refractivity contribution in [2.45, 2.75) is 147 Å².